The molecule has 0 saturated carbocycles. The maximum absolute atomic E-state index is 11.5. The van der Waals surface area contributed by atoms with Crippen LogP contribution in [-0.2, 0) is 10.0 Å². The molecule has 74 valence electrons. The molecule has 0 atom stereocenters. The van der Waals surface area contributed by atoms with E-state index in [-0.39, 0.29) is 10.6 Å². The summed E-state index contributed by atoms with van der Waals surface area (Å²) in [5.41, 5.74) is 0.0360. The Bertz CT molecular complexity index is 437. The molecular formula is C9H10N2O2S. The average Bonchev–Trinajstić information content (AvgIpc) is 2.18. The van der Waals surface area contributed by atoms with Crippen molar-refractivity contribution in [2.75, 3.05) is 0 Å². The lowest BCUT2D eigenvalue weighted by Gasteiger charge is -2.05. The predicted octanol–water partition coefficient (Wildman–Crippen LogP) is 1.13. The second kappa shape index (κ2) is 4.06. The third-order valence-electron chi connectivity index (χ3n) is 1.49. The van der Waals surface area contributed by atoms with Gasteiger partial charge in [0.15, 0.2) is 0 Å². The Morgan fingerprint density at radius 2 is 1.93 bits per heavy atom. The number of hydrogen-bond donors (Lipinski definition) is 2. The minimum Gasteiger partial charge on any atom is -0.307 e. The van der Waals surface area contributed by atoms with Crippen LogP contribution >= 0.6 is 0 Å². The molecule has 0 amide bonds. The van der Waals surface area contributed by atoms with Crippen molar-refractivity contribution >= 4 is 16.2 Å². The summed E-state index contributed by atoms with van der Waals surface area (Å²) in [4.78, 5) is 0.156. The van der Waals surface area contributed by atoms with E-state index in [0.29, 0.717) is 0 Å². The Balaban J connectivity index is 2.98. The minimum atomic E-state index is -3.57. The van der Waals surface area contributed by atoms with Crippen molar-refractivity contribution in [3.05, 3.63) is 42.6 Å². The molecule has 14 heavy (non-hydrogen) atoms. The zero-order valence-corrected chi connectivity index (χ0v) is 8.21. The first-order chi connectivity index (χ1) is 6.56. The first kappa shape index (κ1) is 10.5. The van der Waals surface area contributed by atoms with Crippen molar-refractivity contribution in [3.63, 3.8) is 0 Å². The second-order valence-corrected chi connectivity index (χ2v) is 4.27. The summed E-state index contributed by atoms with van der Waals surface area (Å²) in [6.45, 7) is 3.35. The van der Waals surface area contributed by atoms with Crippen LogP contribution < -0.4 is 4.72 Å². The van der Waals surface area contributed by atoms with E-state index < -0.39 is 10.0 Å². The fourth-order valence-electron chi connectivity index (χ4n) is 0.861. The number of benzene rings is 1. The van der Waals surface area contributed by atoms with Crippen LogP contribution in [0.3, 0.4) is 0 Å². The van der Waals surface area contributed by atoms with Gasteiger partial charge in [0, 0.05) is 6.21 Å². The van der Waals surface area contributed by atoms with Crippen LogP contribution in [0.15, 0.2) is 47.5 Å². The van der Waals surface area contributed by atoms with Crippen molar-refractivity contribution in [1.82, 2.24) is 4.72 Å². The largest absolute Gasteiger partial charge is 0.307 e. The molecule has 0 aliphatic rings. The van der Waals surface area contributed by atoms with Gasteiger partial charge in [0.25, 0.3) is 10.0 Å². The Morgan fingerprint density at radius 1 is 1.36 bits per heavy atom. The van der Waals surface area contributed by atoms with Gasteiger partial charge in [-0.2, -0.15) is 0 Å². The molecule has 0 aromatic heterocycles. The van der Waals surface area contributed by atoms with E-state index in [9.17, 15) is 8.42 Å². The van der Waals surface area contributed by atoms with Gasteiger partial charge in [-0.25, -0.2) is 8.42 Å². The van der Waals surface area contributed by atoms with Crippen LogP contribution in [0.5, 0.6) is 0 Å². The zero-order chi connectivity index (χ0) is 10.6. The number of rotatable bonds is 4. The van der Waals surface area contributed by atoms with E-state index in [1.54, 1.807) is 18.2 Å². The van der Waals surface area contributed by atoms with E-state index in [1.165, 1.54) is 12.1 Å². The Hall–Kier alpha value is -1.62. The molecule has 5 heteroatoms. The molecule has 0 unspecified atom stereocenters. The normalized spacial score (nSPS) is 10.6. The molecule has 0 fully saturated rings. The van der Waals surface area contributed by atoms with Crippen LogP contribution in [0.4, 0.5) is 0 Å². The van der Waals surface area contributed by atoms with Crippen molar-refractivity contribution in [2.45, 2.75) is 4.90 Å². The van der Waals surface area contributed by atoms with Crippen LogP contribution in [0.2, 0.25) is 0 Å². The topological polar surface area (TPSA) is 70.0 Å². The highest BCUT2D eigenvalue weighted by Gasteiger charge is 2.12. The van der Waals surface area contributed by atoms with E-state index in [1.807, 2.05) is 0 Å². The Morgan fingerprint density at radius 3 is 2.43 bits per heavy atom. The molecule has 0 aliphatic carbocycles. The smallest absolute Gasteiger partial charge is 0.261 e. The lowest BCUT2D eigenvalue weighted by molar-refractivity contribution is 0.590. The summed E-state index contributed by atoms with van der Waals surface area (Å²) in [7, 11) is -3.57. The van der Waals surface area contributed by atoms with Gasteiger partial charge in [0.1, 0.15) is 0 Å². The molecule has 0 aliphatic heterocycles. The summed E-state index contributed by atoms with van der Waals surface area (Å²) in [6.07, 6.45) is 0.848. The zero-order valence-electron chi connectivity index (χ0n) is 7.40. The monoisotopic (exact) mass is 210 g/mol. The molecule has 1 aromatic rings. The number of allylic oxidation sites excluding steroid dienone is 1. The summed E-state index contributed by atoms with van der Waals surface area (Å²) in [6, 6.07) is 7.92. The molecule has 2 N–H and O–H groups in total. The van der Waals surface area contributed by atoms with Gasteiger partial charge in [0.2, 0.25) is 0 Å². The molecular weight excluding hydrogens is 200 g/mol. The highest BCUT2D eigenvalue weighted by atomic mass is 32.2. The van der Waals surface area contributed by atoms with E-state index in [2.05, 4.69) is 11.3 Å². The molecule has 0 saturated heterocycles. The molecule has 0 heterocycles. The van der Waals surface area contributed by atoms with Crippen LogP contribution in [-0.4, -0.2) is 14.6 Å². The summed E-state index contributed by atoms with van der Waals surface area (Å²) in [5.74, 6) is 0. The predicted molar refractivity (Wildman–Crippen MR) is 54.7 cm³/mol. The number of nitrogens with one attached hydrogen (secondary N) is 2. The van der Waals surface area contributed by atoms with E-state index >= 15 is 0 Å². The summed E-state index contributed by atoms with van der Waals surface area (Å²) in [5, 5.41) is 6.80. The van der Waals surface area contributed by atoms with Gasteiger partial charge in [-0.05, 0) is 12.1 Å². The maximum atomic E-state index is 11.5. The van der Waals surface area contributed by atoms with Gasteiger partial charge in [-0.1, -0.05) is 24.8 Å². The van der Waals surface area contributed by atoms with Crippen molar-refractivity contribution < 1.29 is 8.42 Å². The molecule has 0 radical (unpaired) electrons. The van der Waals surface area contributed by atoms with Crippen molar-refractivity contribution in [2.24, 2.45) is 0 Å². The number of sulfonamides is 1. The van der Waals surface area contributed by atoms with Crippen molar-refractivity contribution in [3.8, 4) is 0 Å². The van der Waals surface area contributed by atoms with Crippen LogP contribution in [0.1, 0.15) is 0 Å². The molecule has 4 nitrogen and oxygen atoms in total. The van der Waals surface area contributed by atoms with Gasteiger partial charge in [-0.15, -0.1) is 0 Å². The van der Waals surface area contributed by atoms with Crippen LogP contribution in [0.25, 0.3) is 0 Å². The highest BCUT2D eigenvalue weighted by Crippen LogP contribution is 2.07. The van der Waals surface area contributed by atoms with Gasteiger partial charge in [-0.3, -0.25) is 4.72 Å². The number of hydrogen-bond acceptors (Lipinski definition) is 3. The summed E-state index contributed by atoms with van der Waals surface area (Å²) >= 11 is 0. The van der Waals surface area contributed by atoms with Crippen LogP contribution in [0, 0.1) is 5.41 Å². The Labute approximate surface area is 82.8 Å². The second-order valence-electron chi connectivity index (χ2n) is 2.59. The van der Waals surface area contributed by atoms with Gasteiger partial charge >= 0.3 is 0 Å². The molecule has 0 spiro atoms. The standard InChI is InChI=1S/C9H10N2O2S/c1-8(7-10)11-14(12,13)9-5-3-2-4-6-9/h2-7,10-11H,1H2. The quantitative estimate of drug-likeness (QED) is 0.731. The highest BCUT2D eigenvalue weighted by molar-refractivity contribution is 7.89. The minimum absolute atomic E-state index is 0.0360. The van der Waals surface area contributed by atoms with E-state index in [0.717, 1.165) is 6.21 Å². The summed E-state index contributed by atoms with van der Waals surface area (Å²) < 4.78 is 25.2. The first-order valence-electron chi connectivity index (χ1n) is 3.83. The molecule has 0 bridgehead atoms. The fraction of sp³-hybridized carbons (Fsp3) is 0. The van der Waals surface area contributed by atoms with Gasteiger partial charge in [0.05, 0.1) is 10.6 Å². The fourth-order valence-corrected chi connectivity index (χ4v) is 1.90. The van der Waals surface area contributed by atoms with E-state index in [4.69, 9.17) is 5.41 Å². The van der Waals surface area contributed by atoms with Crippen molar-refractivity contribution in [1.29, 1.82) is 5.41 Å². The lowest BCUT2D eigenvalue weighted by Crippen LogP contribution is -2.22. The third kappa shape index (κ3) is 2.43. The SMILES string of the molecule is C=C(C=N)NS(=O)(=O)c1ccccc1. The third-order valence-corrected chi connectivity index (χ3v) is 2.92. The first-order valence-corrected chi connectivity index (χ1v) is 5.32. The molecule has 1 aromatic carbocycles. The maximum Gasteiger partial charge on any atom is 0.261 e. The average molecular weight is 210 g/mol. The molecule has 1 rings (SSSR count). The van der Waals surface area contributed by atoms with Gasteiger partial charge < -0.3 is 5.41 Å². The lowest BCUT2D eigenvalue weighted by atomic mass is 10.4. The Kier molecular flexibility index (Phi) is 3.03.